The molecule has 1 aromatic heterocycles. The number of nitrogens with one attached hydrogen (secondary N) is 1. The van der Waals surface area contributed by atoms with Crippen molar-refractivity contribution in [3.8, 4) is 5.75 Å². The summed E-state index contributed by atoms with van der Waals surface area (Å²) >= 11 is 11.6. The van der Waals surface area contributed by atoms with Crippen molar-refractivity contribution >= 4 is 23.2 Å². The summed E-state index contributed by atoms with van der Waals surface area (Å²) in [5.41, 5.74) is 0. The molecule has 0 aromatic carbocycles. The molecule has 0 amide bonds. The molecule has 0 radical (unpaired) electrons. The van der Waals surface area contributed by atoms with E-state index in [2.05, 4.69) is 10.3 Å². The van der Waals surface area contributed by atoms with Gasteiger partial charge in [-0.05, 0) is 26.3 Å². The van der Waals surface area contributed by atoms with Crippen LogP contribution in [0.15, 0.2) is 12.3 Å². The summed E-state index contributed by atoms with van der Waals surface area (Å²) in [7, 11) is 0. The molecule has 0 spiro atoms. The van der Waals surface area contributed by atoms with Gasteiger partial charge >= 0.3 is 0 Å². The van der Waals surface area contributed by atoms with E-state index in [1.54, 1.807) is 12.3 Å². The molecular weight excluding hydrogens is 247 g/mol. The molecule has 1 N–H and O–H groups in total. The lowest BCUT2D eigenvalue weighted by Gasteiger charge is -2.21. The number of hydrogen-bond donors (Lipinski definition) is 1. The van der Waals surface area contributed by atoms with Crippen molar-refractivity contribution < 1.29 is 4.74 Å². The van der Waals surface area contributed by atoms with Gasteiger partial charge in [-0.15, -0.1) is 0 Å². The molecule has 0 aliphatic carbocycles. The number of pyridine rings is 1. The number of nitrogens with zero attached hydrogens (tertiary/aromatic N) is 1. The van der Waals surface area contributed by atoms with Gasteiger partial charge in [-0.3, -0.25) is 0 Å². The van der Waals surface area contributed by atoms with E-state index in [4.69, 9.17) is 27.9 Å². The first-order chi connectivity index (χ1) is 7.66. The zero-order valence-corrected chi connectivity index (χ0v) is 10.6. The Morgan fingerprint density at radius 2 is 2.38 bits per heavy atom. The molecular formula is C11H14Cl2N2O. The predicted molar refractivity (Wildman–Crippen MR) is 65.4 cm³/mol. The van der Waals surface area contributed by atoms with Crippen LogP contribution in [-0.2, 0) is 0 Å². The van der Waals surface area contributed by atoms with Gasteiger partial charge < -0.3 is 10.1 Å². The monoisotopic (exact) mass is 260 g/mol. The number of rotatable bonds is 3. The van der Waals surface area contributed by atoms with Crippen LogP contribution >= 0.6 is 23.2 Å². The van der Waals surface area contributed by atoms with E-state index in [9.17, 15) is 0 Å². The Bertz CT molecular complexity index is 367. The molecule has 1 aromatic rings. The highest BCUT2D eigenvalue weighted by Gasteiger charge is 2.22. The maximum atomic E-state index is 5.87. The Morgan fingerprint density at radius 1 is 1.56 bits per heavy atom. The Balaban J connectivity index is 1.99. The predicted octanol–water partition coefficient (Wildman–Crippen LogP) is 2.91. The Kier molecular flexibility index (Phi) is 3.90. The first-order valence-electron chi connectivity index (χ1n) is 5.38. The van der Waals surface area contributed by atoms with E-state index < -0.39 is 0 Å². The molecule has 3 nitrogen and oxygen atoms in total. The molecule has 2 rings (SSSR count). The van der Waals surface area contributed by atoms with Gasteiger partial charge in [-0.2, -0.15) is 0 Å². The zero-order chi connectivity index (χ0) is 11.5. The maximum absolute atomic E-state index is 5.87. The third kappa shape index (κ3) is 2.78. The summed E-state index contributed by atoms with van der Waals surface area (Å²) < 4.78 is 5.77. The van der Waals surface area contributed by atoms with E-state index in [-0.39, 0.29) is 6.10 Å². The average Bonchev–Trinajstić information content (AvgIpc) is 2.77. The van der Waals surface area contributed by atoms with Gasteiger partial charge in [0.05, 0.1) is 11.2 Å². The van der Waals surface area contributed by atoms with Gasteiger partial charge in [0.25, 0.3) is 0 Å². The molecule has 2 unspecified atom stereocenters. The quantitative estimate of drug-likeness (QED) is 0.849. The van der Waals surface area contributed by atoms with E-state index in [0.717, 1.165) is 13.0 Å². The fourth-order valence-corrected chi connectivity index (χ4v) is 2.14. The van der Waals surface area contributed by atoms with Gasteiger partial charge in [0.2, 0.25) is 0 Å². The minimum Gasteiger partial charge on any atom is -0.487 e. The highest BCUT2D eigenvalue weighted by Crippen LogP contribution is 2.25. The third-order valence-electron chi connectivity index (χ3n) is 2.76. The molecule has 2 heterocycles. The number of halogens is 2. The first kappa shape index (κ1) is 12.0. The number of hydrogen-bond acceptors (Lipinski definition) is 3. The minimum absolute atomic E-state index is 0.113. The molecule has 1 saturated heterocycles. The van der Waals surface area contributed by atoms with E-state index in [0.29, 0.717) is 22.0 Å². The summed E-state index contributed by atoms with van der Waals surface area (Å²) in [5.74, 6) is 0.663. The van der Waals surface area contributed by atoms with Crippen LogP contribution in [0.1, 0.15) is 19.8 Å². The molecule has 1 aliphatic rings. The molecule has 0 bridgehead atoms. The normalized spacial score (nSPS) is 22.1. The number of aromatic nitrogens is 1. The van der Waals surface area contributed by atoms with E-state index in [1.807, 2.05) is 6.92 Å². The minimum atomic E-state index is 0.113. The van der Waals surface area contributed by atoms with Gasteiger partial charge in [0, 0.05) is 12.1 Å². The fourth-order valence-electron chi connectivity index (χ4n) is 1.88. The van der Waals surface area contributed by atoms with Crippen LogP contribution in [-0.4, -0.2) is 23.7 Å². The summed E-state index contributed by atoms with van der Waals surface area (Å²) in [6.07, 6.45) is 4.06. The fraction of sp³-hybridized carbons (Fsp3) is 0.545. The highest BCUT2D eigenvalue weighted by atomic mass is 35.5. The Morgan fingerprint density at radius 3 is 3.00 bits per heavy atom. The van der Waals surface area contributed by atoms with Crippen LogP contribution in [0.4, 0.5) is 0 Å². The lowest BCUT2D eigenvalue weighted by atomic mass is 10.1. The second kappa shape index (κ2) is 5.21. The smallest absolute Gasteiger partial charge is 0.147 e. The van der Waals surface area contributed by atoms with Crippen molar-refractivity contribution in [2.75, 3.05) is 6.54 Å². The summed E-state index contributed by atoms with van der Waals surface area (Å²) in [6.45, 7) is 3.11. The topological polar surface area (TPSA) is 34.1 Å². The standard InChI is InChI=1S/C11H14Cl2N2O/c1-7(10-3-2-4-14-10)16-8-5-9(12)11(13)15-6-8/h5-7,10,14H,2-4H2,1H3. The van der Waals surface area contributed by atoms with Crippen molar-refractivity contribution in [1.82, 2.24) is 10.3 Å². The van der Waals surface area contributed by atoms with Gasteiger partial charge in [0.15, 0.2) is 0 Å². The molecule has 0 saturated carbocycles. The summed E-state index contributed by atoms with van der Waals surface area (Å²) in [4.78, 5) is 3.95. The van der Waals surface area contributed by atoms with Crippen molar-refractivity contribution in [3.05, 3.63) is 22.4 Å². The second-order valence-corrected chi connectivity index (χ2v) is 4.73. The molecule has 1 aliphatic heterocycles. The average molecular weight is 261 g/mol. The lowest BCUT2D eigenvalue weighted by Crippen LogP contribution is -2.36. The lowest BCUT2D eigenvalue weighted by molar-refractivity contribution is 0.179. The third-order valence-corrected chi connectivity index (χ3v) is 3.44. The maximum Gasteiger partial charge on any atom is 0.147 e. The van der Waals surface area contributed by atoms with E-state index >= 15 is 0 Å². The van der Waals surface area contributed by atoms with Crippen LogP contribution in [0.5, 0.6) is 5.75 Å². The van der Waals surface area contributed by atoms with Crippen molar-refractivity contribution in [3.63, 3.8) is 0 Å². The summed E-state index contributed by atoms with van der Waals surface area (Å²) in [6, 6.07) is 2.11. The van der Waals surface area contributed by atoms with Gasteiger partial charge in [-0.1, -0.05) is 23.2 Å². The van der Waals surface area contributed by atoms with Gasteiger partial charge in [0.1, 0.15) is 17.0 Å². The van der Waals surface area contributed by atoms with Crippen LogP contribution in [0.3, 0.4) is 0 Å². The van der Waals surface area contributed by atoms with Crippen LogP contribution in [0.2, 0.25) is 10.2 Å². The zero-order valence-electron chi connectivity index (χ0n) is 9.04. The SMILES string of the molecule is CC(Oc1cnc(Cl)c(Cl)c1)C1CCCN1. The van der Waals surface area contributed by atoms with Crippen LogP contribution in [0, 0.1) is 0 Å². The van der Waals surface area contributed by atoms with E-state index in [1.165, 1.54) is 6.42 Å². The molecule has 88 valence electrons. The molecule has 5 heteroatoms. The Hall–Kier alpha value is -0.510. The van der Waals surface area contributed by atoms with Crippen molar-refractivity contribution in [1.29, 1.82) is 0 Å². The highest BCUT2D eigenvalue weighted by molar-refractivity contribution is 6.41. The summed E-state index contributed by atoms with van der Waals surface area (Å²) in [5, 5.41) is 4.13. The largest absolute Gasteiger partial charge is 0.487 e. The Labute approximate surface area is 105 Å². The first-order valence-corrected chi connectivity index (χ1v) is 6.13. The van der Waals surface area contributed by atoms with Gasteiger partial charge in [-0.25, -0.2) is 4.98 Å². The van der Waals surface area contributed by atoms with Crippen molar-refractivity contribution in [2.24, 2.45) is 0 Å². The number of ether oxygens (including phenoxy) is 1. The molecule has 16 heavy (non-hydrogen) atoms. The molecule has 2 atom stereocenters. The van der Waals surface area contributed by atoms with Crippen LogP contribution < -0.4 is 10.1 Å². The van der Waals surface area contributed by atoms with Crippen molar-refractivity contribution in [2.45, 2.75) is 31.9 Å². The second-order valence-electron chi connectivity index (χ2n) is 3.97. The van der Waals surface area contributed by atoms with Crippen LogP contribution in [0.25, 0.3) is 0 Å². The molecule has 1 fully saturated rings.